The van der Waals surface area contributed by atoms with Crippen molar-refractivity contribution in [2.24, 2.45) is 0 Å². The minimum atomic E-state index is 0.636. The van der Waals surface area contributed by atoms with Gasteiger partial charge >= 0.3 is 0 Å². The molecule has 0 aliphatic heterocycles. The molecule has 0 aromatic carbocycles. The Balaban J connectivity index is 2.19. The van der Waals surface area contributed by atoms with Gasteiger partial charge in [-0.3, -0.25) is 4.98 Å². The Labute approximate surface area is 134 Å². The van der Waals surface area contributed by atoms with Crippen molar-refractivity contribution in [3.63, 3.8) is 0 Å². The molecular weight excluding hydrogens is 294 g/mol. The van der Waals surface area contributed by atoms with Gasteiger partial charge < -0.3 is 0 Å². The van der Waals surface area contributed by atoms with E-state index in [2.05, 4.69) is 28.8 Å². The van der Waals surface area contributed by atoms with Crippen molar-refractivity contribution in [2.75, 3.05) is 0 Å². The quantitative estimate of drug-likeness (QED) is 0.696. The number of pyridine rings is 2. The second kappa shape index (κ2) is 5.78. The van der Waals surface area contributed by atoms with Gasteiger partial charge in [0.1, 0.15) is 0 Å². The van der Waals surface area contributed by atoms with Crippen LogP contribution in [0, 0.1) is 6.92 Å². The fraction of sp³-hybridized carbons (Fsp3) is 0.111. The predicted molar refractivity (Wildman–Crippen MR) is 92.0 cm³/mol. The van der Waals surface area contributed by atoms with Crippen LogP contribution in [0.5, 0.6) is 0 Å². The second-order valence-corrected chi connectivity index (χ2v) is 5.47. The molecule has 0 unspecified atom stereocenters. The standard InChI is InChI=1S/C18H16ClN3/c1-4-13-10-21-22-7-6-14(8-18(13)22)16(5-2)17-9-15(19)11-20-12(17)3/h4-11H,1H2,2-3H3/b16-5-. The third-order valence-corrected chi connectivity index (χ3v) is 3.92. The molecule has 3 nitrogen and oxygen atoms in total. The zero-order chi connectivity index (χ0) is 15.7. The summed E-state index contributed by atoms with van der Waals surface area (Å²) in [7, 11) is 0. The predicted octanol–water partition coefficient (Wildman–Crippen LogP) is 4.79. The molecule has 3 aromatic heterocycles. The molecule has 0 amide bonds. The highest BCUT2D eigenvalue weighted by Gasteiger charge is 2.11. The number of aryl methyl sites for hydroxylation is 1. The smallest absolute Gasteiger partial charge is 0.0739 e. The Kier molecular flexibility index (Phi) is 3.82. The molecule has 3 aromatic rings. The van der Waals surface area contributed by atoms with Gasteiger partial charge in [-0.25, -0.2) is 4.52 Å². The van der Waals surface area contributed by atoms with Gasteiger partial charge in [0.2, 0.25) is 0 Å². The molecule has 0 spiro atoms. The molecule has 0 saturated heterocycles. The number of halogens is 1. The molecule has 3 heterocycles. The van der Waals surface area contributed by atoms with Crippen molar-refractivity contribution < 1.29 is 0 Å². The van der Waals surface area contributed by atoms with Crippen LogP contribution in [0.15, 0.2) is 49.4 Å². The highest BCUT2D eigenvalue weighted by atomic mass is 35.5. The van der Waals surface area contributed by atoms with E-state index >= 15 is 0 Å². The van der Waals surface area contributed by atoms with Crippen LogP contribution in [0.25, 0.3) is 17.2 Å². The van der Waals surface area contributed by atoms with E-state index in [0.29, 0.717) is 5.02 Å². The van der Waals surface area contributed by atoms with E-state index in [1.54, 1.807) is 6.20 Å². The zero-order valence-electron chi connectivity index (χ0n) is 12.5. The Morgan fingerprint density at radius 3 is 2.86 bits per heavy atom. The Bertz CT molecular complexity index is 890. The van der Waals surface area contributed by atoms with E-state index in [0.717, 1.165) is 33.5 Å². The van der Waals surface area contributed by atoms with Gasteiger partial charge in [-0.1, -0.05) is 30.3 Å². The molecule has 0 aliphatic carbocycles. The van der Waals surface area contributed by atoms with Crippen molar-refractivity contribution in [2.45, 2.75) is 13.8 Å². The lowest BCUT2D eigenvalue weighted by Gasteiger charge is -2.11. The van der Waals surface area contributed by atoms with Crippen molar-refractivity contribution in [3.05, 3.63) is 76.9 Å². The maximum absolute atomic E-state index is 6.11. The number of hydrogen-bond donors (Lipinski definition) is 0. The number of hydrogen-bond acceptors (Lipinski definition) is 2. The molecule has 0 saturated carbocycles. The van der Waals surface area contributed by atoms with Gasteiger partial charge in [0.15, 0.2) is 0 Å². The summed E-state index contributed by atoms with van der Waals surface area (Å²) in [6.07, 6.45) is 9.33. The first-order chi connectivity index (χ1) is 10.6. The number of aromatic nitrogens is 3. The first-order valence-electron chi connectivity index (χ1n) is 7.03. The molecule has 0 bridgehead atoms. The fourth-order valence-corrected chi connectivity index (χ4v) is 2.74. The van der Waals surface area contributed by atoms with Crippen LogP contribution >= 0.6 is 11.6 Å². The van der Waals surface area contributed by atoms with E-state index in [-0.39, 0.29) is 0 Å². The summed E-state index contributed by atoms with van der Waals surface area (Å²) in [5, 5.41) is 4.95. The van der Waals surface area contributed by atoms with Crippen LogP contribution < -0.4 is 0 Å². The summed E-state index contributed by atoms with van der Waals surface area (Å²) < 4.78 is 1.84. The summed E-state index contributed by atoms with van der Waals surface area (Å²) in [5.74, 6) is 0. The maximum atomic E-state index is 6.11. The third-order valence-electron chi connectivity index (χ3n) is 3.71. The lowest BCUT2D eigenvalue weighted by atomic mass is 9.97. The third kappa shape index (κ3) is 2.44. The van der Waals surface area contributed by atoms with Gasteiger partial charge in [0.05, 0.1) is 16.7 Å². The van der Waals surface area contributed by atoms with Gasteiger partial charge in [-0.05, 0) is 43.2 Å². The fourth-order valence-electron chi connectivity index (χ4n) is 2.58. The average Bonchev–Trinajstić information content (AvgIpc) is 2.94. The van der Waals surface area contributed by atoms with Crippen LogP contribution in [0.3, 0.4) is 0 Å². The number of rotatable bonds is 3. The van der Waals surface area contributed by atoms with E-state index in [9.17, 15) is 0 Å². The number of nitrogens with zero attached hydrogens (tertiary/aromatic N) is 3. The van der Waals surface area contributed by atoms with E-state index in [4.69, 9.17) is 11.6 Å². The number of fused-ring (bicyclic) bond motifs is 1. The van der Waals surface area contributed by atoms with Crippen LogP contribution in [-0.2, 0) is 0 Å². The molecule has 0 atom stereocenters. The second-order valence-electron chi connectivity index (χ2n) is 5.04. The summed E-state index contributed by atoms with van der Waals surface area (Å²) in [6.45, 7) is 7.84. The van der Waals surface area contributed by atoms with Crippen LogP contribution in [0.4, 0.5) is 0 Å². The van der Waals surface area contributed by atoms with Crippen LogP contribution in [-0.4, -0.2) is 14.6 Å². The Morgan fingerprint density at radius 2 is 2.14 bits per heavy atom. The summed E-state index contributed by atoms with van der Waals surface area (Å²) in [4.78, 5) is 4.35. The lowest BCUT2D eigenvalue weighted by Crippen LogP contribution is -1.96. The van der Waals surface area contributed by atoms with E-state index < -0.39 is 0 Å². The van der Waals surface area contributed by atoms with Crippen molar-refractivity contribution in [3.8, 4) is 0 Å². The molecule has 0 fully saturated rings. The molecule has 3 rings (SSSR count). The molecule has 0 aliphatic rings. The van der Waals surface area contributed by atoms with Crippen molar-refractivity contribution in [1.82, 2.24) is 14.6 Å². The summed E-state index contributed by atoms with van der Waals surface area (Å²) >= 11 is 6.11. The molecule has 0 radical (unpaired) electrons. The first-order valence-corrected chi connectivity index (χ1v) is 7.41. The van der Waals surface area contributed by atoms with Gasteiger partial charge in [-0.15, -0.1) is 0 Å². The highest BCUT2D eigenvalue weighted by molar-refractivity contribution is 6.30. The lowest BCUT2D eigenvalue weighted by molar-refractivity contribution is 0.960. The molecule has 0 N–H and O–H groups in total. The number of allylic oxidation sites excluding steroid dienone is 1. The van der Waals surface area contributed by atoms with Gasteiger partial charge in [0, 0.05) is 29.2 Å². The molecule has 22 heavy (non-hydrogen) atoms. The first kappa shape index (κ1) is 14.5. The summed E-state index contributed by atoms with van der Waals surface area (Å²) in [5.41, 5.74) is 6.24. The van der Waals surface area contributed by atoms with E-state index in [1.165, 1.54) is 0 Å². The SMILES string of the molecule is C=Cc1cnn2ccc(/C(=C/C)c3cc(Cl)cnc3C)cc12. The van der Waals surface area contributed by atoms with Gasteiger partial charge in [0.25, 0.3) is 0 Å². The highest BCUT2D eigenvalue weighted by Crippen LogP contribution is 2.28. The van der Waals surface area contributed by atoms with E-state index in [1.807, 2.05) is 49.0 Å². The average molecular weight is 310 g/mol. The van der Waals surface area contributed by atoms with Crippen LogP contribution in [0.1, 0.15) is 29.3 Å². The minimum absolute atomic E-state index is 0.636. The maximum Gasteiger partial charge on any atom is 0.0739 e. The largest absolute Gasteiger partial charge is 0.259 e. The zero-order valence-corrected chi connectivity index (χ0v) is 13.3. The summed E-state index contributed by atoms with van der Waals surface area (Å²) in [6, 6.07) is 6.11. The normalized spacial score (nSPS) is 11.9. The van der Waals surface area contributed by atoms with Crippen molar-refractivity contribution in [1.29, 1.82) is 0 Å². The van der Waals surface area contributed by atoms with Crippen molar-refractivity contribution >= 4 is 28.8 Å². The topological polar surface area (TPSA) is 30.2 Å². The minimum Gasteiger partial charge on any atom is -0.259 e. The molecule has 4 heteroatoms. The Hall–Kier alpha value is -2.39. The Morgan fingerprint density at radius 1 is 1.32 bits per heavy atom. The molecule has 110 valence electrons. The molecular formula is C18H16ClN3. The van der Waals surface area contributed by atoms with Crippen LogP contribution in [0.2, 0.25) is 5.02 Å². The van der Waals surface area contributed by atoms with Gasteiger partial charge in [-0.2, -0.15) is 5.10 Å². The monoisotopic (exact) mass is 309 g/mol.